The van der Waals surface area contributed by atoms with E-state index in [9.17, 15) is 8.42 Å². The molecule has 3 atom stereocenters. The fourth-order valence-electron chi connectivity index (χ4n) is 3.31. The zero-order valence-corrected chi connectivity index (χ0v) is 15.1. The Morgan fingerprint density at radius 3 is 2.57 bits per heavy atom. The third-order valence-electron chi connectivity index (χ3n) is 4.36. The number of rotatable bonds is 2. The second kappa shape index (κ2) is 6.51. The van der Waals surface area contributed by atoms with Crippen LogP contribution in [0.1, 0.15) is 19.3 Å². The van der Waals surface area contributed by atoms with Crippen molar-refractivity contribution in [3.63, 3.8) is 0 Å². The topological polar surface area (TPSA) is 63.4 Å². The molecule has 1 saturated heterocycles. The number of hydrogen-bond acceptors (Lipinski definition) is 4. The Bertz CT molecular complexity index is 620. The molecule has 120 valence electrons. The van der Waals surface area contributed by atoms with Gasteiger partial charge in [0, 0.05) is 19.1 Å². The molecule has 2 N–H and O–H groups in total. The molecule has 3 rings (SSSR count). The minimum absolute atomic E-state index is 0. The van der Waals surface area contributed by atoms with E-state index in [1.165, 1.54) is 10.4 Å². The fraction of sp³-hybridized carbons (Fsp3) is 0.667. The summed E-state index contributed by atoms with van der Waals surface area (Å²) in [6.07, 6.45) is 3.13. The van der Waals surface area contributed by atoms with Gasteiger partial charge in [-0.1, -0.05) is 29.6 Å². The van der Waals surface area contributed by atoms with Crippen LogP contribution >= 0.6 is 46.9 Å². The molecule has 1 aromatic heterocycles. The molecule has 3 unspecified atom stereocenters. The largest absolute Gasteiger partial charge is 0.327 e. The van der Waals surface area contributed by atoms with Gasteiger partial charge in [0.05, 0.1) is 4.34 Å². The van der Waals surface area contributed by atoms with Crippen LogP contribution in [0.2, 0.25) is 8.67 Å². The van der Waals surface area contributed by atoms with Crippen molar-refractivity contribution >= 4 is 57.0 Å². The SMILES string of the molecule is Cl.NC1CCCC2CN(S(=O)(=O)c3cc(Cl)sc3Cl)CC12. The normalized spacial score (nSPS) is 30.0. The number of hydrogen-bond donors (Lipinski definition) is 1. The Morgan fingerprint density at radius 2 is 2.00 bits per heavy atom. The third-order valence-corrected chi connectivity index (χ3v) is 7.95. The molecule has 1 aliphatic carbocycles. The third kappa shape index (κ3) is 3.22. The summed E-state index contributed by atoms with van der Waals surface area (Å²) < 4.78 is 27.5. The summed E-state index contributed by atoms with van der Waals surface area (Å²) in [5.74, 6) is 0.646. The van der Waals surface area contributed by atoms with Gasteiger partial charge in [0.15, 0.2) is 0 Å². The van der Waals surface area contributed by atoms with Gasteiger partial charge in [0.25, 0.3) is 0 Å². The first-order valence-corrected chi connectivity index (χ1v) is 9.61. The van der Waals surface area contributed by atoms with Crippen LogP contribution in [0.25, 0.3) is 0 Å². The quantitative estimate of drug-likeness (QED) is 0.842. The van der Waals surface area contributed by atoms with E-state index in [0.29, 0.717) is 23.3 Å². The van der Waals surface area contributed by atoms with Crippen molar-refractivity contribution < 1.29 is 8.42 Å². The van der Waals surface area contributed by atoms with Gasteiger partial charge in [-0.15, -0.1) is 23.7 Å². The average Bonchev–Trinajstić information content (AvgIpc) is 2.94. The number of halogens is 3. The lowest BCUT2D eigenvalue weighted by Gasteiger charge is -2.29. The van der Waals surface area contributed by atoms with Crippen molar-refractivity contribution in [3.05, 3.63) is 14.7 Å². The molecule has 0 spiro atoms. The Balaban J connectivity index is 0.00000161. The summed E-state index contributed by atoms with van der Waals surface area (Å²) in [4.78, 5) is 0.126. The van der Waals surface area contributed by atoms with Gasteiger partial charge in [0.2, 0.25) is 10.0 Å². The fourth-order valence-corrected chi connectivity index (χ4v) is 6.96. The highest BCUT2D eigenvalue weighted by Gasteiger charge is 2.43. The molecule has 1 aromatic rings. The van der Waals surface area contributed by atoms with E-state index in [2.05, 4.69) is 0 Å². The smallest absolute Gasteiger partial charge is 0.245 e. The predicted molar refractivity (Wildman–Crippen MR) is 89.2 cm³/mol. The number of nitrogens with zero attached hydrogens (tertiary/aromatic N) is 1. The maximum Gasteiger partial charge on any atom is 0.245 e. The van der Waals surface area contributed by atoms with Crippen molar-refractivity contribution in [2.24, 2.45) is 17.6 Å². The van der Waals surface area contributed by atoms with Crippen LogP contribution in [-0.2, 0) is 10.0 Å². The molecular weight excluding hydrogens is 375 g/mol. The molecule has 0 amide bonds. The highest BCUT2D eigenvalue weighted by atomic mass is 35.5. The van der Waals surface area contributed by atoms with E-state index < -0.39 is 10.0 Å². The van der Waals surface area contributed by atoms with Gasteiger partial charge in [-0.05, 0) is 30.7 Å². The maximum atomic E-state index is 12.7. The Labute approximate surface area is 145 Å². The van der Waals surface area contributed by atoms with E-state index >= 15 is 0 Å². The highest BCUT2D eigenvalue weighted by Crippen LogP contribution is 2.41. The monoisotopic (exact) mass is 390 g/mol. The average molecular weight is 392 g/mol. The summed E-state index contributed by atoms with van der Waals surface area (Å²) in [6, 6.07) is 1.54. The molecule has 9 heteroatoms. The molecule has 2 heterocycles. The Morgan fingerprint density at radius 1 is 1.29 bits per heavy atom. The standard InChI is InChI=1S/C12H16Cl2N2O2S2.ClH/c13-11-4-10(12(14)19-11)20(17,18)16-5-7-2-1-3-9(15)8(7)6-16;/h4,7-9H,1-3,5-6,15H2;1H. The van der Waals surface area contributed by atoms with Crippen molar-refractivity contribution in [1.29, 1.82) is 0 Å². The van der Waals surface area contributed by atoms with Crippen LogP contribution in [0.3, 0.4) is 0 Å². The molecule has 0 bridgehead atoms. The lowest BCUT2D eigenvalue weighted by molar-refractivity contribution is 0.260. The molecule has 4 nitrogen and oxygen atoms in total. The first-order chi connectivity index (χ1) is 9.39. The van der Waals surface area contributed by atoms with E-state index in [4.69, 9.17) is 28.9 Å². The highest BCUT2D eigenvalue weighted by molar-refractivity contribution is 7.89. The lowest BCUT2D eigenvalue weighted by Crippen LogP contribution is -2.38. The summed E-state index contributed by atoms with van der Waals surface area (Å²) in [6.45, 7) is 1.04. The van der Waals surface area contributed by atoms with Gasteiger partial charge in [-0.2, -0.15) is 4.31 Å². The van der Waals surface area contributed by atoms with Crippen LogP contribution in [0.4, 0.5) is 0 Å². The molecule has 1 saturated carbocycles. The Kier molecular flexibility index (Phi) is 5.52. The van der Waals surface area contributed by atoms with Crippen LogP contribution in [0.5, 0.6) is 0 Å². The zero-order valence-electron chi connectivity index (χ0n) is 11.2. The zero-order chi connectivity index (χ0) is 14.5. The van der Waals surface area contributed by atoms with Gasteiger partial charge in [-0.3, -0.25) is 0 Å². The van der Waals surface area contributed by atoms with Crippen LogP contribution < -0.4 is 5.73 Å². The van der Waals surface area contributed by atoms with Gasteiger partial charge in [-0.25, -0.2) is 8.42 Å². The first kappa shape index (κ1) is 17.8. The number of sulfonamides is 1. The van der Waals surface area contributed by atoms with Gasteiger partial charge < -0.3 is 5.73 Å². The first-order valence-electron chi connectivity index (χ1n) is 6.60. The predicted octanol–water partition coefficient (Wildman–Crippen LogP) is 3.22. The maximum absolute atomic E-state index is 12.7. The van der Waals surface area contributed by atoms with Crippen LogP contribution in [0, 0.1) is 11.8 Å². The second-order valence-electron chi connectivity index (χ2n) is 5.53. The summed E-state index contributed by atoms with van der Waals surface area (Å²) in [7, 11) is -3.56. The minimum atomic E-state index is -3.56. The van der Waals surface area contributed by atoms with E-state index in [1.54, 1.807) is 0 Å². The molecule has 0 radical (unpaired) electrons. The molecule has 2 fully saturated rings. The van der Waals surface area contributed by atoms with Crippen LogP contribution in [-0.4, -0.2) is 31.9 Å². The van der Waals surface area contributed by atoms with E-state index in [1.807, 2.05) is 0 Å². The van der Waals surface area contributed by atoms with Crippen molar-refractivity contribution in [2.45, 2.75) is 30.2 Å². The summed E-state index contributed by atoms with van der Waals surface area (Å²) in [5.41, 5.74) is 6.13. The van der Waals surface area contributed by atoms with E-state index in [0.717, 1.165) is 30.6 Å². The van der Waals surface area contributed by atoms with Crippen molar-refractivity contribution in [1.82, 2.24) is 4.31 Å². The van der Waals surface area contributed by atoms with E-state index in [-0.39, 0.29) is 33.6 Å². The van der Waals surface area contributed by atoms with Gasteiger partial charge >= 0.3 is 0 Å². The minimum Gasteiger partial charge on any atom is -0.327 e. The van der Waals surface area contributed by atoms with Gasteiger partial charge in [0.1, 0.15) is 9.23 Å². The van der Waals surface area contributed by atoms with Crippen LogP contribution in [0.15, 0.2) is 11.0 Å². The molecular formula is C12H17Cl3N2O2S2. The second-order valence-corrected chi connectivity index (χ2v) is 9.72. The lowest BCUT2D eigenvalue weighted by atomic mass is 9.78. The summed E-state index contributed by atoms with van der Waals surface area (Å²) in [5, 5.41) is 0. The molecule has 21 heavy (non-hydrogen) atoms. The van der Waals surface area contributed by atoms with Crippen molar-refractivity contribution in [2.75, 3.05) is 13.1 Å². The number of nitrogens with two attached hydrogens (primary N) is 1. The number of thiophene rings is 1. The molecule has 0 aromatic carbocycles. The van der Waals surface area contributed by atoms with Crippen molar-refractivity contribution in [3.8, 4) is 0 Å². The molecule has 1 aliphatic heterocycles. The molecule has 2 aliphatic rings. The summed E-state index contributed by atoms with van der Waals surface area (Å²) >= 11 is 12.9. The Hall–Kier alpha value is 0.440. The number of fused-ring (bicyclic) bond motifs is 1.